The summed E-state index contributed by atoms with van der Waals surface area (Å²) in [6.45, 7) is 5.23. The van der Waals surface area contributed by atoms with E-state index in [9.17, 15) is 8.42 Å². The zero-order chi connectivity index (χ0) is 21.4. The molecule has 1 aromatic heterocycles. The quantitative estimate of drug-likeness (QED) is 0.507. The van der Waals surface area contributed by atoms with Gasteiger partial charge in [0.15, 0.2) is 5.96 Å². The van der Waals surface area contributed by atoms with Crippen LogP contribution in [0.2, 0.25) is 0 Å². The van der Waals surface area contributed by atoms with Crippen LogP contribution in [0.5, 0.6) is 0 Å². The molecule has 2 heterocycles. The molecule has 0 saturated carbocycles. The number of pyridine rings is 1. The third-order valence-electron chi connectivity index (χ3n) is 5.19. The summed E-state index contributed by atoms with van der Waals surface area (Å²) in [6.07, 6.45) is 1.75. The summed E-state index contributed by atoms with van der Waals surface area (Å²) in [7, 11) is -1.65. The fourth-order valence-electron chi connectivity index (χ4n) is 3.37. The second-order valence-corrected chi connectivity index (χ2v) is 9.26. The number of sulfonamides is 1. The summed E-state index contributed by atoms with van der Waals surface area (Å²) in [5, 5.41) is 6.33. The van der Waals surface area contributed by atoms with Crippen molar-refractivity contribution in [1.29, 1.82) is 0 Å². The van der Waals surface area contributed by atoms with Crippen LogP contribution >= 0.6 is 0 Å². The number of benzene rings is 1. The number of aromatic nitrogens is 1. The van der Waals surface area contributed by atoms with Gasteiger partial charge >= 0.3 is 0 Å². The summed E-state index contributed by atoms with van der Waals surface area (Å²) >= 11 is 0. The summed E-state index contributed by atoms with van der Waals surface area (Å²) in [4.78, 5) is 10.6. The molecule has 0 atom stereocenters. The smallest absolute Gasteiger partial charge is 0.215 e. The fraction of sp³-hybridized carbons (Fsp3) is 0.429. The Balaban J connectivity index is 1.44. The molecule has 3 rings (SSSR count). The van der Waals surface area contributed by atoms with E-state index >= 15 is 0 Å². The second kappa shape index (κ2) is 10.4. The Morgan fingerprint density at radius 2 is 1.80 bits per heavy atom. The Morgan fingerprint density at radius 3 is 2.47 bits per heavy atom. The van der Waals surface area contributed by atoms with Gasteiger partial charge in [0, 0.05) is 52.5 Å². The Kier molecular flexibility index (Phi) is 7.64. The molecule has 0 spiro atoms. The van der Waals surface area contributed by atoms with Gasteiger partial charge in [-0.2, -0.15) is 4.31 Å². The molecule has 30 heavy (non-hydrogen) atoms. The van der Waals surface area contributed by atoms with Crippen LogP contribution in [0.1, 0.15) is 11.1 Å². The molecule has 1 aromatic carbocycles. The molecular formula is C21H30N6O2S. The zero-order valence-electron chi connectivity index (χ0n) is 17.6. The van der Waals surface area contributed by atoms with Crippen molar-refractivity contribution in [2.45, 2.75) is 13.5 Å². The van der Waals surface area contributed by atoms with Crippen LogP contribution < -0.4 is 15.5 Å². The van der Waals surface area contributed by atoms with Gasteiger partial charge in [-0.3, -0.25) is 4.99 Å². The highest BCUT2D eigenvalue weighted by molar-refractivity contribution is 7.89. The number of guanidine groups is 1. The number of hydrogen-bond acceptors (Lipinski definition) is 5. The lowest BCUT2D eigenvalue weighted by molar-refractivity contribution is 0.384. The van der Waals surface area contributed by atoms with Crippen LogP contribution in [0.15, 0.2) is 53.7 Å². The predicted molar refractivity (Wildman–Crippen MR) is 121 cm³/mol. The molecule has 2 N–H and O–H groups in total. The first-order chi connectivity index (χ1) is 14.5. The highest BCUT2D eigenvalue weighted by Gasteiger charge is 2.27. The van der Waals surface area contributed by atoms with Gasteiger partial charge in [0.1, 0.15) is 5.82 Å². The minimum Gasteiger partial charge on any atom is -0.355 e. The minimum absolute atomic E-state index is 0.0294. The molecule has 0 amide bonds. The van der Waals surface area contributed by atoms with Gasteiger partial charge in [-0.1, -0.05) is 30.3 Å². The number of aliphatic imine (C=N–C) groups is 1. The Bertz CT molecular complexity index is 941. The second-order valence-electron chi connectivity index (χ2n) is 7.17. The lowest BCUT2D eigenvalue weighted by Gasteiger charge is -2.34. The number of piperazine rings is 1. The van der Waals surface area contributed by atoms with Crippen LogP contribution in [0.4, 0.5) is 5.82 Å². The van der Waals surface area contributed by atoms with Crippen LogP contribution in [-0.4, -0.2) is 69.2 Å². The van der Waals surface area contributed by atoms with Crippen molar-refractivity contribution < 1.29 is 8.42 Å². The van der Waals surface area contributed by atoms with Gasteiger partial charge in [0.25, 0.3) is 0 Å². The maximum absolute atomic E-state index is 12.7. The molecular weight excluding hydrogens is 400 g/mol. The molecule has 1 saturated heterocycles. The van der Waals surface area contributed by atoms with Crippen molar-refractivity contribution >= 4 is 21.8 Å². The van der Waals surface area contributed by atoms with E-state index in [-0.39, 0.29) is 5.75 Å². The molecule has 0 radical (unpaired) electrons. The molecule has 2 aromatic rings. The van der Waals surface area contributed by atoms with Gasteiger partial charge < -0.3 is 15.5 Å². The van der Waals surface area contributed by atoms with E-state index in [2.05, 4.69) is 44.6 Å². The molecule has 0 unspecified atom stereocenters. The minimum atomic E-state index is -3.33. The average Bonchev–Trinajstić information content (AvgIpc) is 2.78. The summed E-state index contributed by atoms with van der Waals surface area (Å²) in [5.74, 6) is 1.51. The van der Waals surface area contributed by atoms with Gasteiger partial charge in [-0.25, -0.2) is 13.4 Å². The molecule has 0 bridgehead atoms. The molecule has 1 aliphatic heterocycles. The van der Waals surface area contributed by atoms with Crippen molar-refractivity contribution in [1.82, 2.24) is 19.9 Å². The highest BCUT2D eigenvalue weighted by atomic mass is 32.2. The SMILES string of the molecule is CN=C(NCCS(=O)(=O)N1CCN(c2ccccn2)CC1)NCc1ccccc1C. The maximum Gasteiger partial charge on any atom is 0.215 e. The van der Waals surface area contributed by atoms with Crippen molar-refractivity contribution in [3.63, 3.8) is 0 Å². The lowest BCUT2D eigenvalue weighted by Crippen LogP contribution is -2.50. The summed E-state index contributed by atoms with van der Waals surface area (Å²) in [5.41, 5.74) is 2.38. The molecule has 0 aliphatic carbocycles. The third-order valence-corrected chi connectivity index (χ3v) is 7.06. The number of anilines is 1. The summed E-state index contributed by atoms with van der Waals surface area (Å²) < 4.78 is 27.0. The van der Waals surface area contributed by atoms with Crippen molar-refractivity contribution in [2.75, 3.05) is 50.4 Å². The monoisotopic (exact) mass is 430 g/mol. The van der Waals surface area contributed by atoms with Crippen LogP contribution in [-0.2, 0) is 16.6 Å². The Hall–Kier alpha value is -2.65. The summed E-state index contributed by atoms with van der Waals surface area (Å²) in [6, 6.07) is 13.9. The van der Waals surface area contributed by atoms with Crippen molar-refractivity contribution in [3.8, 4) is 0 Å². The van der Waals surface area contributed by atoms with E-state index < -0.39 is 10.0 Å². The number of rotatable bonds is 7. The Labute approximate surface area is 179 Å². The third kappa shape index (κ3) is 5.93. The fourth-order valence-corrected chi connectivity index (χ4v) is 4.71. The average molecular weight is 431 g/mol. The van der Waals surface area contributed by atoms with Gasteiger partial charge in [0.2, 0.25) is 10.0 Å². The first-order valence-corrected chi connectivity index (χ1v) is 11.7. The normalized spacial score (nSPS) is 15.8. The zero-order valence-corrected chi connectivity index (χ0v) is 18.4. The van der Waals surface area contributed by atoms with E-state index in [4.69, 9.17) is 0 Å². The first kappa shape index (κ1) is 22.0. The number of nitrogens with zero attached hydrogens (tertiary/aromatic N) is 4. The van der Waals surface area contributed by atoms with E-state index in [0.717, 1.165) is 5.82 Å². The van der Waals surface area contributed by atoms with Crippen molar-refractivity contribution in [3.05, 3.63) is 59.8 Å². The van der Waals surface area contributed by atoms with Gasteiger partial charge in [-0.05, 0) is 30.2 Å². The van der Waals surface area contributed by atoms with E-state index in [1.165, 1.54) is 11.1 Å². The standard InChI is InChI=1S/C21H30N6O2S/c1-18-7-3-4-8-19(18)17-25-21(22-2)24-11-16-30(28,29)27-14-12-26(13-15-27)20-9-5-6-10-23-20/h3-10H,11-17H2,1-2H3,(H2,22,24,25). The molecule has 162 valence electrons. The van der Waals surface area contributed by atoms with Crippen LogP contribution in [0.3, 0.4) is 0 Å². The molecule has 1 fully saturated rings. The van der Waals surface area contributed by atoms with E-state index in [1.54, 1.807) is 17.5 Å². The van der Waals surface area contributed by atoms with Crippen LogP contribution in [0, 0.1) is 6.92 Å². The molecule has 1 aliphatic rings. The van der Waals surface area contributed by atoms with Crippen LogP contribution in [0.25, 0.3) is 0 Å². The Morgan fingerprint density at radius 1 is 1.07 bits per heavy atom. The highest BCUT2D eigenvalue weighted by Crippen LogP contribution is 2.14. The van der Waals surface area contributed by atoms with Gasteiger partial charge in [0.05, 0.1) is 5.75 Å². The first-order valence-electron chi connectivity index (χ1n) is 10.1. The van der Waals surface area contributed by atoms with Gasteiger partial charge in [-0.15, -0.1) is 0 Å². The number of hydrogen-bond donors (Lipinski definition) is 2. The molecule has 9 heteroatoms. The topological polar surface area (TPSA) is 89.9 Å². The number of aryl methyl sites for hydroxylation is 1. The largest absolute Gasteiger partial charge is 0.355 e. The molecule has 8 nitrogen and oxygen atoms in total. The number of nitrogens with one attached hydrogen (secondary N) is 2. The maximum atomic E-state index is 12.7. The lowest BCUT2D eigenvalue weighted by atomic mass is 10.1. The van der Waals surface area contributed by atoms with Crippen molar-refractivity contribution in [2.24, 2.45) is 4.99 Å². The van der Waals surface area contributed by atoms with E-state index in [0.29, 0.717) is 45.2 Å². The van der Waals surface area contributed by atoms with E-state index in [1.807, 2.05) is 30.3 Å². The predicted octanol–water partition coefficient (Wildman–Crippen LogP) is 1.21.